The van der Waals surface area contributed by atoms with Gasteiger partial charge >= 0.3 is 0 Å². The third-order valence-electron chi connectivity index (χ3n) is 4.98. The van der Waals surface area contributed by atoms with Crippen molar-refractivity contribution in [1.82, 2.24) is 15.1 Å². The van der Waals surface area contributed by atoms with Crippen molar-refractivity contribution in [3.05, 3.63) is 46.8 Å². The van der Waals surface area contributed by atoms with Gasteiger partial charge in [-0.2, -0.15) is 10.4 Å². The summed E-state index contributed by atoms with van der Waals surface area (Å²) in [6.07, 6.45) is 1.48. The van der Waals surface area contributed by atoms with Crippen LogP contribution in [0.2, 0.25) is 0 Å². The zero-order valence-electron chi connectivity index (χ0n) is 18.2. The van der Waals surface area contributed by atoms with Gasteiger partial charge in [-0.3, -0.25) is 9.48 Å². The highest BCUT2D eigenvalue weighted by Gasteiger charge is 2.14. The normalized spacial score (nSPS) is 11.2. The first-order valence-corrected chi connectivity index (χ1v) is 10.1. The zero-order valence-corrected chi connectivity index (χ0v) is 18.2. The van der Waals surface area contributed by atoms with Crippen molar-refractivity contribution < 1.29 is 9.53 Å². The molecular weight excluding hydrogens is 364 g/mol. The van der Waals surface area contributed by atoms with Gasteiger partial charge in [0.05, 0.1) is 31.3 Å². The van der Waals surface area contributed by atoms with Crippen LogP contribution in [0.25, 0.3) is 0 Å². The highest BCUT2D eigenvalue weighted by atomic mass is 16.5. The van der Waals surface area contributed by atoms with Crippen LogP contribution in [0.1, 0.15) is 56.1 Å². The number of rotatable bonds is 9. The number of benzene rings is 1. The van der Waals surface area contributed by atoms with Gasteiger partial charge in [-0.15, -0.1) is 0 Å². The van der Waals surface area contributed by atoms with Crippen molar-refractivity contribution in [1.29, 1.82) is 5.26 Å². The Bertz CT molecular complexity index is 855. The van der Waals surface area contributed by atoms with E-state index in [0.29, 0.717) is 39.0 Å². The minimum atomic E-state index is 0.000236. The SMILES string of the molecule is Cc1nn(CCC#N)c(C)c1CCC(=O)NCCOc1ccc(C(C)(C)C)cc1. The van der Waals surface area contributed by atoms with E-state index in [1.807, 2.05) is 30.7 Å². The average molecular weight is 397 g/mol. The van der Waals surface area contributed by atoms with Crippen LogP contribution in [0.15, 0.2) is 24.3 Å². The molecule has 1 N–H and O–H groups in total. The Labute approximate surface area is 173 Å². The Morgan fingerprint density at radius 3 is 2.55 bits per heavy atom. The third-order valence-corrected chi connectivity index (χ3v) is 4.98. The summed E-state index contributed by atoms with van der Waals surface area (Å²) in [4.78, 5) is 12.1. The summed E-state index contributed by atoms with van der Waals surface area (Å²) in [6, 6.07) is 10.2. The summed E-state index contributed by atoms with van der Waals surface area (Å²) < 4.78 is 7.56. The van der Waals surface area contributed by atoms with Crippen molar-refractivity contribution in [2.24, 2.45) is 0 Å². The molecule has 0 radical (unpaired) electrons. The lowest BCUT2D eigenvalue weighted by Crippen LogP contribution is -2.28. The standard InChI is InChI=1S/C23H32N4O2/c1-17-21(18(2)27(26-17)15-6-13-24)11-12-22(28)25-14-16-29-20-9-7-19(8-10-20)23(3,4)5/h7-10H,6,11-12,14-16H2,1-5H3,(H,25,28). The Morgan fingerprint density at radius 2 is 1.93 bits per heavy atom. The smallest absolute Gasteiger partial charge is 0.220 e. The van der Waals surface area contributed by atoms with Crippen molar-refractivity contribution in [2.75, 3.05) is 13.2 Å². The fourth-order valence-electron chi connectivity index (χ4n) is 3.21. The van der Waals surface area contributed by atoms with E-state index in [1.54, 1.807) is 0 Å². The number of amides is 1. The molecule has 2 aromatic rings. The number of aromatic nitrogens is 2. The number of nitrogens with one attached hydrogen (secondary N) is 1. The van der Waals surface area contributed by atoms with Crippen LogP contribution >= 0.6 is 0 Å². The monoisotopic (exact) mass is 396 g/mol. The molecule has 1 amide bonds. The van der Waals surface area contributed by atoms with Gasteiger partial charge in [0.2, 0.25) is 5.91 Å². The van der Waals surface area contributed by atoms with Gasteiger partial charge < -0.3 is 10.1 Å². The minimum absolute atomic E-state index is 0.000236. The van der Waals surface area contributed by atoms with Crippen LogP contribution in [-0.4, -0.2) is 28.8 Å². The number of nitriles is 1. The topological polar surface area (TPSA) is 79.9 Å². The van der Waals surface area contributed by atoms with E-state index < -0.39 is 0 Å². The van der Waals surface area contributed by atoms with Crippen molar-refractivity contribution in [2.45, 2.75) is 65.8 Å². The van der Waals surface area contributed by atoms with Gasteiger partial charge in [-0.05, 0) is 48.9 Å². The van der Waals surface area contributed by atoms with Crippen LogP contribution in [0.5, 0.6) is 5.75 Å². The molecule has 1 aromatic carbocycles. The van der Waals surface area contributed by atoms with Gasteiger partial charge in [0, 0.05) is 12.1 Å². The van der Waals surface area contributed by atoms with Crippen LogP contribution in [0.3, 0.4) is 0 Å². The fraction of sp³-hybridized carbons (Fsp3) is 0.522. The summed E-state index contributed by atoms with van der Waals surface area (Å²) in [5.74, 6) is 0.809. The second-order valence-electron chi connectivity index (χ2n) is 8.25. The molecule has 0 aliphatic heterocycles. The quantitative estimate of drug-likeness (QED) is 0.653. The van der Waals surface area contributed by atoms with Gasteiger partial charge in [0.1, 0.15) is 12.4 Å². The Morgan fingerprint density at radius 1 is 1.24 bits per heavy atom. The summed E-state index contributed by atoms with van der Waals surface area (Å²) in [7, 11) is 0. The molecule has 1 aromatic heterocycles. The summed E-state index contributed by atoms with van der Waals surface area (Å²) in [5, 5.41) is 16.1. The first kappa shape index (κ1) is 22.5. The van der Waals surface area contributed by atoms with Gasteiger partial charge in [0.25, 0.3) is 0 Å². The molecule has 0 aliphatic rings. The van der Waals surface area contributed by atoms with E-state index in [-0.39, 0.29) is 11.3 Å². The number of hydrogen-bond acceptors (Lipinski definition) is 4. The van der Waals surface area contributed by atoms with E-state index >= 15 is 0 Å². The van der Waals surface area contributed by atoms with Crippen molar-refractivity contribution in [3.8, 4) is 11.8 Å². The first-order chi connectivity index (χ1) is 13.7. The molecule has 0 saturated heterocycles. The van der Waals surface area contributed by atoms with E-state index in [4.69, 9.17) is 10.00 Å². The van der Waals surface area contributed by atoms with Gasteiger partial charge in [0.15, 0.2) is 0 Å². The maximum absolute atomic E-state index is 12.1. The van der Waals surface area contributed by atoms with Crippen molar-refractivity contribution >= 4 is 5.91 Å². The molecule has 0 spiro atoms. The number of carbonyl (C=O) groups excluding carboxylic acids is 1. The number of nitrogens with zero attached hydrogens (tertiary/aromatic N) is 3. The number of ether oxygens (including phenoxy) is 1. The Kier molecular flexibility index (Phi) is 7.83. The predicted molar refractivity (Wildman–Crippen MR) is 114 cm³/mol. The van der Waals surface area contributed by atoms with Gasteiger partial charge in [-0.25, -0.2) is 0 Å². The molecule has 29 heavy (non-hydrogen) atoms. The summed E-state index contributed by atoms with van der Waals surface area (Å²) in [5.41, 5.74) is 4.44. The number of hydrogen-bond donors (Lipinski definition) is 1. The molecule has 6 heteroatoms. The lowest BCUT2D eigenvalue weighted by Gasteiger charge is -2.19. The Hall–Kier alpha value is -2.81. The molecule has 156 valence electrons. The maximum Gasteiger partial charge on any atom is 0.220 e. The molecule has 0 bridgehead atoms. The molecule has 1 heterocycles. The molecule has 0 aliphatic carbocycles. The van der Waals surface area contributed by atoms with Crippen LogP contribution in [-0.2, 0) is 23.2 Å². The second kappa shape index (κ2) is 10.1. The second-order valence-corrected chi connectivity index (χ2v) is 8.25. The first-order valence-electron chi connectivity index (χ1n) is 10.1. The number of aryl methyl sites for hydroxylation is 2. The zero-order chi connectivity index (χ0) is 21.4. The van der Waals surface area contributed by atoms with Crippen LogP contribution in [0, 0.1) is 25.2 Å². The summed E-state index contributed by atoms with van der Waals surface area (Å²) >= 11 is 0. The van der Waals surface area contributed by atoms with E-state index in [1.165, 1.54) is 5.56 Å². The highest BCUT2D eigenvalue weighted by molar-refractivity contribution is 5.76. The number of carbonyl (C=O) groups is 1. The molecular formula is C23H32N4O2. The van der Waals surface area contributed by atoms with Gasteiger partial charge in [-0.1, -0.05) is 32.9 Å². The van der Waals surface area contributed by atoms with E-state index in [2.05, 4.69) is 49.4 Å². The maximum atomic E-state index is 12.1. The van der Waals surface area contributed by atoms with Crippen LogP contribution < -0.4 is 10.1 Å². The van der Waals surface area contributed by atoms with E-state index in [9.17, 15) is 4.79 Å². The molecule has 0 saturated carbocycles. The van der Waals surface area contributed by atoms with E-state index in [0.717, 1.165) is 22.7 Å². The molecule has 0 fully saturated rings. The lowest BCUT2D eigenvalue weighted by atomic mass is 9.87. The lowest BCUT2D eigenvalue weighted by molar-refractivity contribution is -0.121. The fourth-order valence-corrected chi connectivity index (χ4v) is 3.21. The third kappa shape index (κ3) is 6.63. The molecule has 2 rings (SSSR count). The minimum Gasteiger partial charge on any atom is -0.492 e. The summed E-state index contributed by atoms with van der Waals surface area (Å²) in [6.45, 7) is 12.0. The highest BCUT2D eigenvalue weighted by Crippen LogP contribution is 2.24. The Balaban J connectivity index is 1.73. The van der Waals surface area contributed by atoms with Crippen LogP contribution in [0.4, 0.5) is 0 Å². The predicted octanol–water partition coefficient (Wildman–Crippen LogP) is 3.84. The molecule has 0 unspecified atom stereocenters. The van der Waals surface area contributed by atoms with Crippen molar-refractivity contribution in [3.63, 3.8) is 0 Å². The average Bonchev–Trinajstić information content (AvgIpc) is 2.94. The largest absolute Gasteiger partial charge is 0.492 e. The molecule has 0 atom stereocenters. The molecule has 6 nitrogen and oxygen atoms in total.